The van der Waals surface area contributed by atoms with Crippen molar-refractivity contribution >= 4 is 23.3 Å². The van der Waals surface area contributed by atoms with Gasteiger partial charge in [0.25, 0.3) is 0 Å². The second-order valence-electron chi connectivity index (χ2n) is 7.86. The number of amides is 1. The molecule has 3 atom stereocenters. The van der Waals surface area contributed by atoms with Gasteiger partial charge in [-0.25, -0.2) is 9.97 Å². The molecule has 1 aliphatic carbocycles. The summed E-state index contributed by atoms with van der Waals surface area (Å²) in [6.45, 7) is 4.03. The SMILES string of the molecule is C[C@H]1CN(C(=O)CC(N)c2ccc(Cl)cc2)CCN1c1ncnc2c1CC[C@@H]2O. The number of benzene rings is 1. The first-order chi connectivity index (χ1) is 13.9. The number of halogens is 1. The minimum absolute atomic E-state index is 0.0577. The third kappa shape index (κ3) is 4.08. The van der Waals surface area contributed by atoms with Gasteiger partial charge in [0.2, 0.25) is 5.91 Å². The lowest BCUT2D eigenvalue weighted by Crippen LogP contribution is -2.54. The zero-order chi connectivity index (χ0) is 20.5. The number of aliphatic hydroxyl groups is 1. The molecule has 2 aromatic rings. The number of nitrogens with two attached hydrogens (primary N) is 1. The zero-order valence-electron chi connectivity index (χ0n) is 16.5. The molecule has 1 aromatic carbocycles. The quantitative estimate of drug-likeness (QED) is 0.795. The molecular weight excluding hydrogens is 390 g/mol. The summed E-state index contributed by atoms with van der Waals surface area (Å²) in [4.78, 5) is 25.7. The number of nitrogens with zero attached hydrogens (tertiary/aromatic N) is 4. The van der Waals surface area contributed by atoms with Crippen molar-refractivity contribution in [3.05, 3.63) is 52.4 Å². The number of aliphatic hydroxyl groups excluding tert-OH is 1. The average molecular weight is 416 g/mol. The largest absolute Gasteiger partial charge is 0.387 e. The van der Waals surface area contributed by atoms with Crippen molar-refractivity contribution in [1.29, 1.82) is 0 Å². The highest BCUT2D eigenvalue weighted by molar-refractivity contribution is 6.30. The number of piperazine rings is 1. The lowest BCUT2D eigenvalue weighted by Gasteiger charge is -2.41. The van der Waals surface area contributed by atoms with Crippen LogP contribution < -0.4 is 10.6 Å². The van der Waals surface area contributed by atoms with Gasteiger partial charge in [-0.05, 0) is 37.5 Å². The van der Waals surface area contributed by atoms with Gasteiger partial charge in [-0.3, -0.25) is 4.79 Å². The Balaban J connectivity index is 1.40. The van der Waals surface area contributed by atoms with Crippen molar-refractivity contribution in [1.82, 2.24) is 14.9 Å². The van der Waals surface area contributed by atoms with E-state index in [9.17, 15) is 9.90 Å². The average Bonchev–Trinajstić information content (AvgIpc) is 3.09. The van der Waals surface area contributed by atoms with Crippen LogP contribution in [0.1, 0.15) is 48.7 Å². The van der Waals surface area contributed by atoms with Crippen LogP contribution in [0.3, 0.4) is 0 Å². The van der Waals surface area contributed by atoms with Crippen molar-refractivity contribution in [2.75, 3.05) is 24.5 Å². The van der Waals surface area contributed by atoms with Crippen molar-refractivity contribution in [3.63, 3.8) is 0 Å². The Morgan fingerprint density at radius 1 is 1.31 bits per heavy atom. The molecule has 0 bridgehead atoms. The molecule has 1 saturated heterocycles. The molecule has 1 unspecified atom stereocenters. The van der Waals surface area contributed by atoms with Crippen LogP contribution in [0, 0.1) is 0 Å². The molecule has 1 aliphatic heterocycles. The fourth-order valence-corrected chi connectivity index (χ4v) is 4.38. The molecule has 4 rings (SSSR count). The highest BCUT2D eigenvalue weighted by Gasteiger charge is 2.33. The van der Waals surface area contributed by atoms with Crippen LogP contribution in [-0.2, 0) is 11.2 Å². The van der Waals surface area contributed by atoms with E-state index in [0.29, 0.717) is 31.1 Å². The highest BCUT2D eigenvalue weighted by Crippen LogP contribution is 2.35. The number of hydrogen-bond donors (Lipinski definition) is 2. The first-order valence-electron chi connectivity index (χ1n) is 10.0. The Morgan fingerprint density at radius 3 is 2.79 bits per heavy atom. The lowest BCUT2D eigenvalue weighted by molar-refractivity contribution is -0.132. The smallest absolute Gasteiger partial charge is 0.224 e. The van der Waals surface area contributed by atoms with E-state index in [1.165, 1.54) is 6.33 Å². The highest BCUT2D eigenvalue weighted by atomic mass is 35.5. The second kappa shape index (κ2) is 8.26. The first kappa shape index (κ1) is 20.1. The van der Waals surface area contributed by atoms with Crippen LogP contribution in [0.2, 0.25) is 5.02 Å². The molecule has 1 fully saturated rings. The summed E-state index contributed by atoms with van der Waals surface area (Å²) in [7, 11) is 0. The summed E-state index contributed by atoms with van der Waals surface area (Å²) < 4.78 is 0. The Kier molecular flexibility index (Phi) is 5.72. The third-order valence-electron chi connectivity index (χ3n) is 5.88. The fraction of sp³-hybridized carbons (Fsp3) is 0.476. The molecule has 8 heteroatoms. The van der Waals surface area contributed by atoms with Gasteiger partial charge in [-0.2, -0.15) is 0 Å². The van der Waals surface area contributed by atoms with E-state index in [1.807, 2.05) is 17.0 Å². The summed E-state index contributed by atoms with van der Waals surface area (Å²) in [6.07, 6.45) is 2.77. The second-order valence-corrected chi connectivity index (χ2v) is 8.30. The zero-order valence-corrected chi connectivity index (χ0v) is 17.2. The van der Waals surface area contributed by atoms with Crippen molar-refractivity contribution in [2.45, 2.75) is 44.4 Å². The Morgan fingerprint density at radius 2 is 2.07 bits per heavy atom. The summed E-state index contributed by atoms with van der Waals surface area (Å²) in [5.74, 6) is 0.950. The molecular formula is C21H26ClN5O2. The maximum absolute atomic E-state index is 12.8. The molecule has 154 valence electrons. The summed E-state index contributed by atoms with van der Waals surface area (Å²) in [5, 5.41) is 10.8. The van der Waals surface area contributed by atoms with Gasteiger partial charge in [0.1, 0.15) is 12.1 Å². The minimum atomic E-state index is -0.501. The minimum Gasteiger partial charge on any atom is -0.387 e. The number of fused-ring (bicyclic) bond motifs is 1. The monoisotopic (exact) mass is 415 g/mol. The van der Waals surface area contributed by atoms with Crippen LogP contribution in [-0.4, -0.2) is 51.6 Å². The first-order valence-corrected chi connectivity index (χ1v) is 10.4. The normalized spacial score (nSPS) is 22.5. The molecule has 2 heterocycles. The lowest BCUT2D eigenvalue weighted by atomic mass is 10.0. The molecule has 1 aromatic heterocycles. The number of hydrogen-bond acceptors (Lipinski definition) is 6. The van der Waals surface area contributed by atoms with Gasteiger partial charge < -0.3 is 20.6 Å². The Labute approximate surface area is 175 Å². The molecule has 3 N–H and O–H groups in total. The number of carbonyl (C=O) groups is 1. The van der Waals surface area contributed by atoms with Crippen LogP contribution in [0.25, 0.3) is 0 Å². The van der Waals surface area contributed by atoms with Crippen molar-refractivity contribution < 1.29 is 9.90 Å². The molecule has 0 saturated carbocycles. The molecule has 7 nitrogen and oxygen atoms in total. The molecule has 0 radical (unpaired) electrons. The van der Waals surface area contributed by atoms with Gasteiger partial charge in [-0.1, -0.05) is 23.7 Å². The summed E-state index contributed by atoms with van der Waals surface area (Å²) >= 11 is 5.92. The van der Waals surface area contributed by atoms with E-state index in [2.05, 4.69) is 21.8 Å². The topological polar surface area (TPSA) is 95.6 Å². The molecule has 1 amide bonds. The van der Waals surface area contributed by atoms with Crippen molar-refractivity contribution in [2.24, 2.45) is 5.73 Å². The van der Waals surface area contributed by atoms with Gasteiger partial charge in [0, 0.05) is 48.7 Å². The number of carbonyl (C=O) groups excluding carboxylic acids is 1. The van der Waals surface area contributed by atoms with Crippen molar-refractivity contribution in [3.8, 4) is 0 Å². The van der Waals surface area contributed by atoms with Gasteiger partial charge in [0.15, 0.2) is 0 Å². The predicted molar refractivity (Wildman–Crippen MR) is 112 cm³/mol. The van der Waals surface area contributed by atoms with E-state index in [-0.39, 0.29) is 24.4 Å². The maximum Gasteiger partial charge on any atom is 0.224 e. The fourth-order valence-electron chi connectivity index (χ4n) is 4.25. The number of aromatic nitrogens is 2. The van der Waals surface area contributed by atoms with Crippen LogP contribution >= 0.6 is 11.6 Å². The maximum atomic E-state index is 12.8. The standard InChI is InChI=1S/C21H26ClN5O2/c1-13-11-26(19(29)10-17(23)14-2-4-15(22)5-3-14)8-9-27(13)21-16-6-7-18(28)20(16)24-12-25-21/h2-5,12-13,17-18,28H,6-11,23H2,1H3/t13-,17?,18-/m0/s1. The molecule has 2 aliphatic rings. The van der Waals surface area contributed by atoms with Crippen LogP contribution in [0.4, 0.5) is 5.82 Å². The van der Waals surface area contributed by atoms with Crippen LogP contribution in [0.5, 0.6) is 0 Å². The van der Waals surface area contributed by atoms with E-state index < -0.39 is 6.10 Å². The predicted octanol–water partition coefficient (Wildman–Crippen LogP) is 2.24. The number of rotatable bonds is 4. The third-order valence-corrected chi connectivity index (χ3v) is 6.14. The van der Waals surface area contributed by atoms with Crippen LogP contribution in [0.15, 0.2) is 30.6 Å². The van der Waals surface area contributed by atoms with E-state index >= 15 is 0 Å². The molecule has 29 heavy (non-hydrogen) atoms. The van der Waals surface area contributed by atoms with E-state index in [4.69, 9.17) is 17.3 Å². The van der Waals surface area contributed by atoms with E-state index in [0.717, 1.165) is 29.1 Å². The molecule has 0 spiro atoms. The van der Waals surface area contributed by atoms with Gasteiger partial charge in [-0.15, -0.1) is 0 Å². The summed E-state index contributed by atoms with van der Waals surface area (Å²) in [5.41, 5.74) is 8.93. The van der Waals surface area contributed by atoms with Gasteiger partial charge >= 0.3 is 0 Å². The Bertz CT molecular complexity index is 891. The summed E-state index contributed by atoms with van der Waals surface area (Å²) in [6, 6.07) is 7.09. The Hall–Kier alpha value is -2.22. The van der Waals surface area contributed by atoms with Gasteiger partial charge in [0.05, 0.1) is 11.8 Å². The van der Waals surface area contributed by atoms with E-state index in [1.54, 1.807) is 12.1 Å². The number of anilines is 1.